The van der Waals surface area contributed by atoms with Crippen molar-refractivity contribution in [2.24, 2.45) is 22.2 Å². The summed E-state index contributed by atoms with van der Waals surface area (Å²) >= 11 is 0. The van der Waals surface area contributed by atoms with Gasteiger partial charge >= 0.3 is 11.9 Å². The van der Waals surface area contributed by atoms with Crippen molar-refractivity contribution in [3.8, 4) is 0 Å². The average molecular weight is 246 g/mol. The Hall–Kier alpha value is -1.12. The van der Waals surface area contributed by atoms with E-state index in [0.29, 0.717) is 0 Å². The highest BCUT2D eigenvalue weighted by Crippen LogP contribution is 2.79. The Bertz CT molecular complexity index is 516. The minimum Gasteiger partial charge on any atom is -0.392 e. The lowest BCUT2D eigenvalue weighted by Gasteiger charge is -2.38. The van der Waals surface area contributed by atoms with Gasteiger partial charge in [0.25, 0.3) is 0 Å². The second-order valence-electron chi connectivity index (χ2n) is 6.82. The van der Waals surface area contributed by atoms with Gasteiger partial charge in [0.1, 0.15) is 0 Å². The van der Waals surface area contributed by atoms with Crippen LogP contribution in [-0.2, 0) is 14.3 Å². The molecule has 3 aliphatic carbocycles. The van der Waals surface area contributed by atoms with E-state index in [0.717, 1.165) is 32.1 Å². The van der Waals surface area contributed by atoms with Crippen LogP contribution in [0.15, 0.2) is 11.6 Å². The Kier molecular flexibility index (Phi) is 1.63. The van der Waals surface area contributed by atoms with Crippen molar-refractivity contribution in [3.05, 3.63) is 11.6 Å². The lowest BCUT2D eigenvalue weighted by molar-refractivity contribution is -0.158. The first-order valence-corrected chi connectivity index (χ1v) is 6.96. The van der Waals surface area contributed by atoms with Gasteiger partial charge in [0.15, 0.2) is 0 Å². The molecule has 3 nitrogen and oxygen atoms in total. The Balaban J connectivity index is 2.07. The number of allylic oxidation sites excluding steroid dienone is 2. The van der Waals surface area contributed by atoms with Gasteiger partial charge in [-0.05, 0) is 31.6 Å². The minimum absolute atomic E-state index is 0.214. The molecule has 0 radical (unpaired) electrons. The van der Waals surface area contributed by atoms with Crippen LogP contribution in [-0.4, -0.2) is 11.9 Å². The standard InChI is InChI=1S/C15H18O3/c1-13(2)9-5-3-6-10(9)14-7-4-8-15(13,14)12(17)18-11(14)16/h5,10H,3-4,6-8H2,1-2H3/t10-,14+,15+/m0/s1. The van der Waals surface area contributed by atoms with Crippen molar-refractivity contribution in [3.63, 3.8) is 0 Å². The molecule has 0 bridgehead atoms. The van der Waals surface area contributed by atoms with Crippen molar-refractivity contribution < 1.29 is 14.3 Å². The maximum atomic E-state index is 12.4. The van der Waals surface area contributed by atoms with Crippen LogP contribution in [0.4, 0.5) is 0 Å². The number of ether oxygens (including phenoxy) is 1. The highest BCUT2D eigenvalue weighted by atomic mass is 16.6. The summed E-state index contributed by atoms with van der Waals surface area (Å²) in [5, 5.41) is 0. The van der Waals surface area contributed by atoms with E-state index in [-0.39, 0.29) is 23.3 Å². The van der Waals surface area contributed by atoms with E-state index in [4.69, 9.17) is 4.74 Å². The van der Waals surface area contributed by atoms with Crippen LogP contribution in [0.1, 0.15) is 46.0 Å². The Labute approximate surface area is 107 Å². The van der Waals surface area contributed by atoms with Gasteiger partial charge in [-0.25, -0.2) is 0 Å². The Morgan fingerprint density at radius 1 is 1.22 bits per heavy atom. The molecule has 3 atom stereocenters. The van der Waals surface area contributed by atoms with Gasteiger partial charge in [-0.1, -0.05) is 31.9 Å². The van der Waals surface area contributed by atoms with Gasteiger partial charge < -0.3 is 4.74 Å². The lowest BCUT2D eigenvalue weighted by atomic mass is 9.58. The van der Waals surface area contributed by atoms with Gasteiger partial charge in [-0.15, -0.1) is 0 Å². The largest absolute Gasteiger partial charge is 0.392 e. The van der Waals surface area contributed by atoms with E-state index < -0.39 is 10.8 Å². The highest BCUT2D eigenvalue weighted by Gasteiger charge is 2.83. The normalized spacial score (nSPS) is 47.7. The van der Waals surface area contributed by atoms with E-state index in [1.54, 1.807) is 0 Å². The number of hydrogen-bond donors (Lipinski definition) is 0. The van der Waals surface area contributed by atoms with E-state index in [9.17, 15) is 9.59 Å². The number of carbonyl (C=O) groups excluding carboxylic acids is 2. The fourth-order valence-corrected chi connectivity index (χ4v) is 5.78. The molecular formula is C15H18O3. The van der Waals surface area contributed by atoms with Crippen LogP contribution >= 0.6 is 0 Å². The zero-order valence-corrected chi connectivity index (χ0v) is 10.9. The van der Waals surface area contributed by atoms with Crippen molar-refractivity contribution in [1.82, 2.24) is 0 Å². The van der Waals surface area contributed by atoms with Gasteiger partial charge in [0, 0.05) is 5.41 Å². The molecule has 4 aliphatic rings. The fraction of sp³-hybridized carbons (Fsp3) is 0.733. The maximum Gasteiger partial charge on any atom is 0.321 e. The summed E-state index contributed by atoms with van der Waals surface area (Å²) in [5.74, 6) is -0.215. The van der Waals surface area contributed by atoms with E-state index in [1.807, 2.05) is 0 Å². The molecule has 4 rings (SSSR count). The predicted molar refractivity (Wildman–Crippen MR) is 64.4 cm³/mol. The zero-order chi connectivity index (χ0) is 12.8. The van der Waals surface area contributed by atoms with E-state index in [2.05, 4.69) is 19.9 Å². The number of carbonyl (C=O) groups is 2. The van der Waals surface area contributed by atoms with Crippen molar-refractivity contribution in [2.75, 3.05) is 0 Å². The zero-order valence-electron chi connectivity index (χ0n) is 10.9. The second-order valence-corrected chi connectivity index (χ2v) is 6.82. The molecule has 1 saturated heterocycles. The summed E-state index contributed by atoms with van der Waals surface area (Å²) in [5.41, 5.74) is 0.0601. The number of esters is 2. The molecule has 18 heavy (non-hydrogen) atoms. The third-order valence-corrected chi connectivity index (χ3v) is 6.36. The molecule has 2 saturated carbocycles. The first-order valence-electron chi connectivity index (χ1n) is 6.96. The van der Waals surface area contributed by atoms with Crippen LogP contribution in [0.5, 0.6) is 0 Å². The van der Waals surface area contributed by atoms with Crippen LogP contribution in [0.25, 0.3) is 0 Å². The number of cyclic esters (lactones) is 2. The van der Waals surface area contributed by atoms with Crippen LogP contribution in [0, 0.1) is 22.2 Å². The molecule has 0 aromatic rings. The molecule has 96 valence electrons. The molecule has 0 spiro atoms. The first kappa shape index (κ1) is 10.8. The van der Waals surface area contributed by atoms with Gasteiger partial charge in [0.05, 0.1) is 10.8 Å². The van der Waals surface area contributed by atoms with Gasteiger partial charge in [0.2, 0.25) is 0 Å². The van der Waals surface area contributed by atoms with E-state index >= 15 is 0 Å². The predicted octanol–water partition coefficient (Wildman–Crippen LogP) is 2.60. The summed E-state index contributed by atoms with van der Waals surface area (Å²) < 4.78 is 5.12. The van der Waals surface area contributed by atoms with Gasteiger partial charge in [-0.2, -0.15) is 0 Å². The topological polar surface area (TPSA) is 43.4 Å². The van der Waals surface area contributed by atoms with E-state index in [1.165, 1.54) is 5.57 Å². The van der Waals surface area contributed by atoms with Crippen LogP contribution in [0.3, 0.4) is 0 Å². The number of fused-ring (bicyclic) bond motifs is 1. The molecular weight excluding hydrogens is 228 g/mol. The van der Waals surface area contributed by atoms with Crippen molar-refractivity contribution in [1.29, 1.82) is 0 Å². The maximum absolute atomic E-state index is 12.4. The number of hydrogen-bond acceptors (Lipinski definition) is 3. The highest BCUT2D eigenvalue weighted by molar-refractivity contribution is 6.05. The lowest BCUT2D eigenvalue weighted by Crippen LogP contribution is -2.45. The second kappa shape index (κ2) is 2.73. The molecule has 0 aromatic heterocycles. The summed E-state index contributed by atoms with van der Waals surface area (Å²) in [6.07, 6.45) is 6.97. The molecule has 0 unspecified atom stereocenters. The summed E-state index contributed by atoms with van der Waals surface area (Å²) in [4.78, 5) is 24.9. The van der Waals surface area contributed by atoms with Gasteiger partial charge in [-0.3, -0.25) is 9.59 Å². The Morgan fingerprint density at radius 3 is 2.78 bits per heavy atom. The van der Waals surface area contributed by atoms with Crippen LogP contribution in [0.2, 0.25) is 0 Å². The summed E-state index contributed by atoms with van der Waals surface area (Å²) in [6, 6.07) is 0. The minimum atomic E-state index is -0.562. The molecule has 0 amide bonds. The fourth-order valence-electron chi connectivity index (χ4n) is 5.78. The summed E-state index contributed by atoms with van der Waals surface area (Å²) in [6.45, 7) is 4.29. The molecule has 0 N–H and O–H groups in total. The third kappa shape index (κ3) is 0.725. The molecule has 3 heteroatoms. The first-order chi connectivity index (χ1) is 8.48. The van der Waals surface area contributed by atoms with Crippen LogP contribution < -0.4 is 0 Å². The smallest absolute Gasteiger partial charge is 0.321 e. The quantitative estimate of drug-likeness (QED) is 0.375. The third-order valence-electron chi connectivity index (χ3n) is 6.36. The SMILES string of the molecule is CC1(C)C2=CCC[C@@H]2[C@@]23CCC[C@@]12C(=O)OC3=O. The molecule has 0 aromatic carbocycles. The summed E-state index contributed by atoms with van der Waals surface area (Å²) in [7, 11) is 0. The molecule has 1 heterocycles. The molecule has 3 fully saturated rings. The number of rotatable bonds is 0. The molecule has 1 aliphatic heterocycles. The van der Waals surface area contributed by atoms with Crippen molar-refractivity contribution in [2.45, 2.75) is 46.0 Å². The average Bonchev–Trinajstić information content (AvgIpc) is 2.97. The monoisotopic (exact) mass is 246 g/mol. The van der Waals surface area contributed by atoms with Crippen molar-refractivity contribution >= 4 is 11.9 Å². The Morgan fingerprint density at radius 2 is 2.00 bits per heavy atom.